The first kappa shape index (κ1) is 21.9. The highest BCUT2D eigenvalue weighted by Crippen LogP contribution is 2.29. The second-order valence-corrected chi connectivity index (χ2v) is 7.91. The highest BCUT2D eigenvalue weighted by atomic mass is 19.4. The number of anilines is 1. The highest BCUT2D eigenvalue weighted by Gasteiger charge is 2.31. The summed E-state index contributed by atoms with van der Waals surface area (Å²) in [5, 5.41) is 6.36. The Hall–Kier alpha value is -3.36. The molecule has 0 aliphatic carbocycles. The van der Waals surface area contributed by atoms with Gasteiger partial charge in [0.05, 0.1) is 11.3 Å². The quantitative estimate of drug-likeness (QED) is 0.722. The molecule has 2 aromatic rings. The van der Waals surface area contributed by atoms with Crippen LogP contribution in [0.25, 0.3) is 0 Å². The van der Waals surface area contributed by atoms with E-state index < -0.39 is 11.7 Å². The predicted molar refractivity (Wildman–Crippen MR) is 115 cm³/mol. The zero-order chi connectivity index (χ0) is 22.9. The van der Waals surface area contributed by atoms with Crippen molar-refractivity contribution in [2.75, 3.05) is 37.7 Å². The van der Waals surface area contributed by atoms with Crippen LogP contribution >= 0.6 is 0 Å². The number of carbonyl (C=O) groups excluding carboxylic acids is 2. The van der Waals surface area contributed by atoms with Gasteiger partial charge in [0, 0.05) is 56.0 Å². The Kier molecular flexibility index (Phi) is 5.90. The van der Waals surface area contributed by atoms with Gasteiger partial charge in [0.15, 0.2) is 0 Å². The van der Waals surface area contributed by atoms with E-state index in [4.69, 9.17) is 0 Å². The Labute approximate surface area is 183 Å². The van der Waals surface area contributed by atoms with Gasteiger partial charge in [0.2, 0.25) is 0 Å². The number of amides is 2. The molecule has 9 heteroatoms. The fraction of sp³-hybridized carbons (Fsp3) is 0.348. The molecule has 0 radical (unpaired) electrons. The van der Waals surface area contributed by atoms with E-state index in [1.165, 1.54) is 12.1 Å². The number of piperazine rings is 1. The third-order valence-corrected chi connectivity index (χ3v) is 5.70. The molecule has 2 aromatic carbocycles. The van der Waals surface area contributed by atoms with E-state index in [2.05, 4.69) is 5.10 Å². The molecule has 0 aromatic heterocycles. The molecule has 2 aliphatic rings. The maximum absolute atomic E-state index is 12.8. The Bertz CT molecular complexity index is 1020. The fourth-order valence-electron chi connectivity index (χ4n) is 3.82. The van der Waals surface area contributed by atoms with E-state index in [1.54, 1.807) is 21.9 Å². The molecule has 0 unspecified atom stereocenters. The van der Waals surface area contributed by atoms with Crippen LogP contribution < -0.4 is 5.01 Å². The molecular weight excluding hydrogens is 421 g/mol. The molecule has 2 amide bonds. The standard InChI is InChI=1S/C23H23F3N4O2/c1-16-10-11-30(27-16)20-8-4-18(5-9-20)22(32)29-14-12-28(13-15-29)21(31)17-2-6-19(7-3-17)23(24,25)26/h2-9H,10-15H2,1H3. The highest BCUT2D eigenvalue weighted by molar-refractivity contribution is 5.96. The second-order valence-electron chi connectivity index (χ2n) is 7.91. The monoisotopic (exact) mass is 444 g/mol. The maximum Gasteiger partial charge on any atom is 0.416 e. The summed E-state index contributed by atoms with van der Waals surface area (Å²) in [6.45, 7) is 4.19. The minimum atomic E-state index is -4.44. The van der Waals surface area contributed by atoms with Gasteiger partial charge in [-0.05, 0) is 55.5 Å². The Morgan fingerprint density at radius 1 is 0.781 bits per heavy atom. The average molecular weight is 444 g/mol. The molecule has 2 heterocycles. The largest absolute Gasteiger partial charge is 0.416 e. The summed E-state index contributed by atoms with van der Waals surface area (Å²) in [5.74, 6) is -0.448. The van der Waals surface area contributed by atoms with Crippen LogP contribution in [0.15, 0.2) is 53.6 Å². The minimum absolute atomic E-state index is 0.112. The van der Waals surface area contributed by atoms with E-state index >= 15 is 0 Å². The lowest BCUT2D eigenvalue weighted by Gasteiger charge is -2.35. The van der Waals surface area contributed by atoms with Gasteiger partial charge in [-0.25, -0.2) is 0 Å². The van der Waals surface area contributed by atoms with Gasteiger partial charge in [-0.2, -0.15) is 18.3 Å². The molecule has 1 fully saturated rings. The van der Waals surface area contributed by atoms with Crippen molar-refractivity contribution >= 4 is 23.2 Å². The molecule has 1 saturated heterocycles. The lowest BCUT2D eigenvalue weighted by atomic mass is 10.1. The van der Waals surface area contributed by atoms with E-state index in [-0.39, 0.29) is 17.4 Å². The van der Waals surface area contributed by atoms with Crippen LogP contribution in [-0.4, -0.2) is 60.0 Å². The number of rotatable bonds is 3. The SMILES string of the molecule is CC1=NN(c2ccc(C(=O)N3CCN(C(=O)c4ccc(C(F)(F)F)cc4)CC3)cc2)CC1. The second kappa shape index (κ2) is 8.64. The number of halogens is 3. The van der Waals surface area contributed by atoms with Gasteiger partial charge in [0.25, 0.3) is 11.8 Å². The van der Waals surface area contributed by atoms with Crippen molar-refractivity contribution in [3.05, 3.63) is 65.2 Å². The van der Waals surface area contributed by atoms with Crippen molar-refractivity contribution in [3.63, 3.8) is 0 Å². The lowest BCUT2D eigenvalue weighted by molar-refractivity contribution is -0.137. The van der Waals surface area contributed by atoms with E-state index in [9.17, 15) is 22.8 Å². The molecule has 0 atom stereocenters. The smallest absolute Gasteiger partial charge is 0.335 e. The fourth-order valence-corrected chi connectivity index (χ4v) is 3.82. The number of hydrogen-bond acceptors (Lipinski definition) is 4. The van der Waals surface area contributed by atoms with Crippen molar-refractivity contribution < 1.29 is 22.8 Å². The van der Waals surface area contributed by atoms with Crippen LogP contribution in [0.3, 0.4) is 0 Å². The van der Waals surface area contributed by atoms with Crippen molar-refractivity contribution in [1.29, 1.82) is 0 Å². The Morgan fingerprint density at radius 2 is 1.25 bits per heavy atom. The van der Waals surface area contributed by atoms with Gasteiger partial charge < -0.3 is 9.80 Å². The first-order valence-corrected chi connectivity index (χ1v) is 10.4. The van der Waals surface area contributed by atoms with Crippen LogP contribution in [0.5, 0.6) is 0 Å². The first-order valence-electron chi connectivity index (χ1n) is 10.4. The number of nitrogens with zero attached hydrogens (tertiary/aromatic N) is 4. The van der Waals surface area contributed by atoms with Crippen LogP contribution in [-0.2, 0) is 6.18 Å². The third kappa shape index (κ3) is 4.61. The molecule has 32 heavy (non-hydrogen) atoms. The van der Waals surface area contributed by atoms with Gasteiger partial charge in [-0.1, -0.05) is 0 Å². The van der Waals surface area contributed by atoms with Crippen LogP contribution in [0.1, 0.15) is 39.6 Å². The van der Waals surface area contributed by atoms with Crippen molar-refractivity contribution in [2.24, 2.45) is 5.10 Å². The molecule has 6 nitrogen and oxygen atoms in total. The summed E-state index contributed by atoms with van der Waals surface area (Å²) in [7, 11) is 0. The molecule has 4 rings (SSSR count). The minimum Gasteiger partial charge on any atom is -0.335 e. The summed E-state index contributed by atoms with van der Waals surface area (Å²) in [4.78, 5) is 28.7. The Balaban J connectivity index is 1.34. The summed E-state index contributed by atoms with van der Waals surface area (Å²) in [6.07, 6.45) is -3.51. The Morgan fingerprint density at radius 3 is 1.66 bits per heavy atom. The first-order chi connectivity index (χ1) is 15.2. The van der Waals surface area contributed by atoms with Crippen LogP contribution in [0, 0.1) is 0 Å². The number of hydrogen-bond donors (Lipinski definition) is 0. The summed E-state index contributed by atoms with van der Waals surface area (Å²) in [6, 6.07) is 11.5. The topological polar surface area (TPSA) is 56.2 Å². The number of hydrazone groups is 1. The molecule has 168 valence electrons. The van der Waals surface area contributed by atoms with Gasteiger partial charge >= 0.3 is 6.18 Å². The van der Waals surface area contributed by atoms with Crippen molar-refractivity contribution in [1.82, 2.24) is 9.80 Å². The summed E-state index contributed by atoms with van der Waals surface area (Å²) in [5.41, 5.74) is 1.99. The third-order valence-electron chi connectivity index (χ3n) is 5.70. The van der Waals surface area contributed by atoms with Gasteiger partial charge in [0.1, 0.15) is 0 Å². The average Bonchev–Trinajstić information content (AvgIpc) is 3.24. The van der Waals surface area contributed by atoms with Crippen LogP contribution in [0.2, 0.25) is 0 Å². The van der Waals surface area contributed by atoms with Crippen molar-refractivity contribution in [3.8, 4) is 0 Å². The normalized spacial score (nSPS) is 16.9. The van der Waals surface area contributed by atoms with Crippen molar-refractivity contribution in [2.45, 2.75) is 19.5 Å². The van der Waals surface area contributed by atoms with Gasteiger partial charge in [-0.15, -0.1) is 0 Å². The molecule has 0 bridgehead atoms. The number of carbonyl (C=O) groups is 2. The molecule has 2 aliphatic heterocycles. The predicted octanol–water partition coefficient (Wildman–Crippen LogP) is 3.89. The molecule has 0 N–H and O–H groups in total. The zero-order valence-corrected chi connectivity index (χ0v) is 17.6. The van der Waals surface area contributed by atoms with E-state index in [0.717, 1.165) is 36.5 Å². The maximum atomic E-state index is 12.8. The van der Waals surface area contributed by atoms with Crippen LogP contribution in [0.4, 0.5) is 18.9 Å². The number of alkyl halides is 3. The van der Waals surface area contributed by atoms with E-state index in [1.807, 2.05) is 24.1 Å². The summed E-state index contributed by atoms with van der Waals surface area (Å²) >= 11 is 0. The molecular formula is C23H23F3N4O2. The van der Waals surface area contributed by atoms with Gasteiger partial charge in [-0.3, -0.25) is 14.6 Å². The van der Waals surface area contributed by atoms with E-state index in [0.29, 0.717) is 31.7 Å². The molecule has 0 spiro atoms. The number of benzene rings is 2. The summed E-state index contributed by atoms with van der Waals surface area (Å²) < 4.78 is 38.1. The molecule has 0 saturated carbocycles. The lowest BCUT2D eigenvalue weighted by Crippen LogP contribution is -2.50. The zero-order valence-electron chi connectivity index (χ0n) is 17.6.